The minimum atomic E-state index is 0.384. The Balaban J connectivity index is 1.36. The molecule has 2 heteroatoms. The summed E-state index contributed by atoms with van der Waals surface area (Å²) in [5.41, 5.74) is 1.09. The number of epoxide rings is 1. The maximum Gasteiger partial charge on any atom is 0.0898 e. The van der Waals surface area contributed by atoms with Crippen LogP contribution in [0.1, 0.15) is 85.5 Å². The van der Waals surface area contributed by atoms with Gasteiger partial charge in [0.25, 0.3) is 0 Å². The van der Waals surface area contributed by atoms with E-state index in [9.17, 15) is 0 Å². The standard InChI is InChI=1S/C23H38O2/c1-14(2)24-16-9-11-22(3)15(13-16)5-6-17-18-7-8-20-21(25-20)23(18,4)12-10-19(17)22/h14-21H,5-13H2,1-4H3/t15-,16-,17-,18-,19-,20?,21?,22-,23-/m0/s1. The monoisotopic (exact) mass is 346 g/mol. The minimum Gasteiger partial charge on any atom is -0.376 e. The van der Waals surface area contributed by atoms with Gasteiger partial charge in [-0.3, -0.25) is 0 Å². The van der Waals surface area contributed by atoms with Crippen LogP contribution in [0.3, 0.4) is 0 Å². The number of hydrogen-bond acceptors (Lipinski definition) is 2. The number of hydrogen-bond donors (Lipinski definition) is 0. The Morgan fingerprint density at radius 3 is 2.44 bits per heavy atom. The normalized spacial score (nSPS) is 57.2. The molecule has 0 spiro atoms. The van der Waals surface area contributed by atoms with Crippen LogP contribution in [0.2, 0.25) is 0 Å². The fourth-order valence-electron chi connectivity index (χ4n) is 8.26. The van der Waals surface area contributed by atoms with E-state index in [1.165, 1.54) is 57.8 Å². The molecule has 0 aromatic carbocycles. The van der Waals surface area contributed by atoms with Crippen molar-refractivity contribution in [3.63, 3.8) is 0 Å². The molecule has 0 radical (unpaired) electrons. The molecule has 9 atom stereocenters. The zero-order chi connectivity index (χ0) is 17.4. The Labute approximate surface area is 154 Å². The molecule has 0 aromatic heterocycles. The van der Waals surface area contributed by atoms with Crippen molar-refractivity contribution in [1.29, 1.82) is 0 Å². The Kier molecular flexibility index (Phi) is 3.89. The molecular weight excluding hydrogens is 308 g/mol. The van der Waals surface area contributed by atoms with E-state index in [2.05, 4.69) is 27.7 Å². The highest BCUT2D eigenvalue weighted by Crippen LogP contribution is 2.67. The predicted octanol–water partition coefficient (Wildman–Crippen LogP) is 5.59. The molecule has 2 nitrogen and oxygen atoms in total. The van der Waals surface area contributed by atoms with E-state index in [1.807, 2.05) is 0 Å². The second-order valence-electron chi connectivity index (χ2n) is 11.0. The molecule has 25 heavy (non-hydrogen) atoms. The van der Waals surface area contributed by atoms with Gasteiger partial charge in [0.05, 0.1) is 24.4 Å². The zero-order valence-corrected chi connectivity index (χ0v) is 16.8. The molecule has 5 rings (SSSR count). The summed E-state index contributed by atoms with van der Waals surface area (Å²) in [7, 11) is 0. The lowest BCUT2D eigenvalue weighted by Gasteiger charge is -2.62. The summed E-state index contributed by atoms with van der Waals surface area (Å²) >= 11 is 0. The second kappa shape index (κ2) is 5.71. The van der Waals surface area contributed by atoms with Crippen LogP contribution in [0.5, 0.6) is 0 Å². The van der Waals surface area contributed by atoms with Crippen LogP contribution in [-0.4, -0.2) is 24.4 Å². The summed E-state index contributed by atoms with van der Waals surface area (Å²) < 4.78 is 12.3. The summed E-state index contributed by atoms with van der Waals surface area (Å²) in [6.45, 7) is 9.65. The Morgan fingerprint density at radius 2 is 1.64 bits per heavy atom. The predicted molar refractivity (Wildman–Crippen MR) is 100 cm³/mol. The van der Waals surface area contributed by atoms with Crippen molar-refractivity contribution >= 4 is 0 Å². The van der Waals surface area contributed by atoms with E-state index in [0.717, 1.165) is 23.7 Å². The zero-order valence-electron chi connectivity index (χ0n) is 16.8. The van der Waals surface area contributed by atoms with E-state index < -0.39 is 0 Å². The molecule has 1 aliphatic heterocycles. The molecule has 2 unspecified atom stereocenters. The van der Waals surface area contributed by atoms with Crippen LogP contribution < -0.4 is 0 Å². The molecule has 1 saturated heterocycles. The van der Waals surface area contributed by atoms with Crippen LogP contribution >= 0.6 is 0 Å². The molecule has 5 fully saturated rings. The van der Waals surface area contributed by atoms with Gasteiger partial charge in [-0.05, 0) is 106 Å². The summed E-state index contributed by atoms with van der Waals surface area (Å²) in [6.07, 6.45) is 14.8. The molecule has 0 N–H and O–H groups in total. The van der Waals surface area contributed by atoms with Gasteiger partial charge in [-0.25, -0.2) is 0 Å². The first-order valence-electron chi connectivity index (χ1n) is 11.2. The van der Waals surface area contributed by atoms with Gasteiger partial charge in [-0.15, -0.1) is 0 Å². The highest BCUT2D eigenvalue weighted by atomic mass is 16.6. The summed E-state index contributed by atoms with van der Waals surface area (Å²) in [6, 6.07) is 0. The Morgan fingerprint density at radius 1 is 0.880 bits per heavy atom. The van der Waals surface area contributed by atoms with Crippen molar-refractivity contribution < 1.29 is 9.47 Å². The average molecular weight is 347 g/mol. The molecule has 1 heterocycles. The first-order chi connectivity index (χ1) is 11.9. The van der Waals surface area contributed by atoms with Gasteiger partial charge in [-0.1, -0.05) is 13.8 Å². The van der Waals surface area contributed by atoms with Crippen LogP contribution in [0.4, 0.5) is 0 Å². The summed E-state index contributed by atoms with van der Waals surface area (Å²) in [5, 5.41) is 0. The lowest BCUT2D eigenvalue weighted by Crippen LogP contribution is -2.56. The van der Waals surface area contributed by atoms with Crippen molar-refractivity contribution in [3.05, 3.63) is 0 Å². The number of ether oxygens (including phenoxy) is 2. The number of rotatable bonds is 2. The molecule has 4 aliphatic carbocycles. The van der Waals surface area contributed by atoms with Crippen molar-refractivity contribution in [1.82, 2.24) is 0 Å². The third-order valence-electron chi connectivity index (χ3n) is 9.51. The second-order valence-corrected chi connectivity index (χ2v) is 11.0. The van der Waals surface area contributed by atoms with Crippen molar-refractivity contribution in [2.75, 3.05) is 0 Å². The van der Waals surface area contributed by atoms with Crippen LogP contribution in [0, 0.1) is 34.5 Å². The van der Waals surface area contributed by atoms with Crippen LogP contribution in [0.25, 0.3) is 0 Å². The molecule has 142 valence electrons. The smallest absolute Gasteiger partial charge is 0.0898 e. The molecular formula is C23H38O2. The van der Waals surface area contributed by atoms with Gasteiger partial charge >= 0.3 is 0 Å². The molecule has 0 amide bonds. The molecule has 5 aliphatic rings. The molecule has 0 bridgehead atoms. The highest BCUT2D eigenvalue weighted by Gasteiger charge is 2.65. The Hall–Kier alpha value is -0.0800. The van der Waals surface area contributed by atoms with E-state index >= 15 is 0 Å². The topological polar surface area (TPSA) is 21.8 Å². The van der Waals surface area contributed by atoms with Crippen molar-refractivity contribution in [2.45, 2.75) is 110 Å². The lowest BCUT2D eigenvalue weighted by atomic mass is 9.43. The summed E-state index contributed by atoms with van der Waals surface area (Å²) in [5.74, 6) is 3.80. The van der Waals surface area contributed by atoms with Gasteiger partial charge in [-0.2, -0.15) is 0 Å². The van der Waals surface area contributed by atoms with Crippen molar-refractivity contribution in [2.24, 2.45) is 34.5 Å². The van der Waals surface area contributed by atoms with Gasteiger partial charge in [0.15, 0.2) is 0 Å². The van der Waals surface area contributed by atoms with Crippen molar-refractivity contribution in [3.8, 4) is 0 Å². The summed E-state index contributed by atoms with van der Waals surface area (Å²) in [4.78, 5) is 0. The first-order valence-corrected chi connectivity index (χ1v) is 11.2. The lowest BCUT2D eigenvalue weighted by molar-refractivity contribution is -0.147. The third-order valence-corrected chi connectivity index (χ3v) is 9.51. The van der Waals surface area contributed by atoms with E-state index in [4.69, 9.17) is 9.47 Å². The number of fused-ring (bicyclic) bond motifs is 7. The molecule has 4 saturated carbocycles. The van der Waals surface area contributed by atoms with Gasteiger partial charge < -0.3 is 9.47 Å². The maximum absolute atomic E-state index is 6.23. The Bertz CT molecular complexity index is 530. The van der Waals surface area contributed by atoms with Gasteiger partial charge in [0.1, 0.15) is 0 Å². The fraction of sp³-hybridized carbons (Fsp3) is 1.00. The minimum absolute atomic E-state index is 0.384. The fourth-order valence-corrected chi connectivity index (χ4v) is 8.26. The quantitative estimate of drug-likeness (QED) is 0.608. The van der Waals surface area contributed by atoms with E-state index in [1.54, 1.807) is 0 Å². The largest absolute Gasteiger partial charge is 0.376 e. The molecule has 0 aromatic rings. The maximum atomic E-state index is 6.23. The highest BCUT2D eigenvalue weighted by molar-refractivity contribution is 5.13. The van der Waals surface area contributed by atoms with Gasteiger partial charge in [0, 0.05) is 0 Å². The van der Waals surface area contributed by atoms with Gasteiger partial charge in [0.2, 0.25) is 0 Å². The first kappa shape index (κ1) is 17.0. The van der Waals surface area contributed by atoms with E-state index in [-0.39, 0.29) is 0 Å². The third kappa shape index (κ3) is 2.49. The van der Waals surface area contributed by atoms with Crippen LogP contribution in [-0.2, 0) is 9.47 Å². The van der Waals surface area contributed by atoms with Crippen LogP contribution in [0.15, 0.2) is 0 Å². The average Bonchev–Trinajstić information content (AvgIpc) is 3.35. The van der Waals surface area contributed by atoms with E-state index in [0.29, 0.717) is 35.2 Å². The SMILES string of the molecule is CC(C)O[C@H]1CC[C@@]2(C)[C@@H](CC[C@@H]3[C@@H]2CC[C@]2(C)C4OC4CC[C@@H]32)C1.